The van der Waals surface area contributed by atoms with Crippen molar-refractivity contribution in [2.45, 2.75) is 45.6 Å². The molecule has 2 saturated heterocycles. The van der Waals surface area contributed by atoms with E-state index >= 15 is 0 Å². The Balaban J connectivity index is 1.40. The Hall–Kier alpha value is -2.84. The lowest BCUT2D eigenvalue weighted by Crippen LogP contribution is -2.53. The molecule has 2 aliphatic rings. The van der Waals surface area contributed by atoms with Gasteiger partial charge in [-0.3, -0.25) is 19.8 Å². The summed E-state index contributed by atoms with van der Waals surface area (Å²) in [5.41, 5.74) is 0.549. The van der Waals surface area contributed by atoms with Crippen molar-refractivity contribution in [3.8, 4) is 0 Å². The van der Waals surface area contributed by atoms with Crippen LogP contribution in [0.4, 0.5) is 16.2 Å². The van der Waals surface area contributed by atoms with Gasteiger partial charge in [-0.15, -0.1) is 0 Å². The van der Waals surface area contributed by atoms with Crippen LogP contribution in [0.15, 0.2) is 24.3 Å². The first kappa shape index (κ1) is 22.8. The number of nitro benzene ring substituents is 1. The molecule has 0 unspecified atom stereocenters. The molecule has 1 aromatic rings. The van der Waals surface area contributed by atoms with Gasteiger partial charge in [0.15, 0.2) is 0 Å². The Labute approximate surface area is 183 Å². The maximum Gasteiger partial charge on any atom is 0.410 e. The summed E-state index contributed by atoms with van der Waals surface area (Å²) in [6.07, 6.45) is 2.58. The Morgan fingerprint density at radius 1 is 1.13 bits per heavy atom. The van der Waals surface area contributed by atoms with Crippen LogP contribution in [-0.2, 0) is 9.53 Å². The van der Waals surface area contributed by atoms with Crippen molar-refractivity contribution in [3.05, 3.63) is 34.4 Å². The summed E-state index contributed by atoms with van der Waals surface area (Å²) < 4.78 is 5.36. The van der Waals surface area contributed by atoms with Gasteiger partial charge in [0.1, 0.15) is 12.1 Å². The first-order chi connectivity index (χ1) is 14.6. The lowest BCUT2D eigenvalue weighted by molar-refractivity contribution is -0.384. The number of nitro groups is 1. The predicted molar refractivity (Wildman–Crippen MR) is 117 cm³/mol. The fraction of sp³-hybridized carbons (Fsp3) is 0.636. The van der Waals surface area contributed by atoms with Gasteiger partial charge in [-0.2, -0.15) is 0 Å². The summed E-state index contributed by atoms with van der Waals surface area (Å²) in [6.45, 7) is 9.09. The lowest BCUT2D eigenvalue weighted by Gasteiger charge is -2.37. The lowest BCUT2D eigenvalue weighted by atomic mass is 9.93. The fourth-order valence-electron chi connectivity index (χ4n) is 4.03. The summed E-state index contributed by atoms with van der Waals surface area (Å²) in [5.74, 6) is 0.520. The maximum absolute atomic E-state index is 12.5. The molecule has 0 N–H and O–H groups in total. The van der Waals surface area contributed by atoms with Gasteiger partial charge in [-0.1, -0.05) is 0 Å². The predicted octanol–water partition coefficient (Wildman–Crippen LogP) is 3.28. The largest absolute Gasteiger partial charge is 0.444 e. The number of amides is 2. The van der Waals surface area contributed by atoms with E-state index in [4.69, 9.17) is 4.74 Å². The second-order valence-electron chi connectivity index (χ2n) is 9.28. The zero-order valence-corrected chi connectivity index (χ0v) is 18.6. The number of non-ortho nitro benzene ring substituents is 1. The number of carbonyl (C=O) groups excluding carboxylic acids is 2. The molecule has 0 spiro atoms. The molecule has 2 heterocycles. The topological polar surface area (TPSA) is 96.2 Å². The Bertz CT molecular complexity index is 797. The molecule has 9 heteroatoms. The first-order valence-electron chi connectivity index (χ1n) is 10.9. The molecule has 31 heavy (non-hydrogen) atoms. The molecule has 0 atom stereocenters. The van der Waals surface area contributed by atoms with Crippen molar-refractivity contribution in [1.82, 2.24) is 9.80 Å². The van der Waals surface area contributed by atoms with Crippen LogP contribution in [0.2, 0.25) is 0 Å². The van der Waals surface area contributed by atoms with E-state index in [0.29, 0.717) is 25.6 Å². The minimum Gasteiger partial charge on any atom is -0.444 e. The molecule has 0 saturated carbocycles. The molecule has 9 nitrogen and oxygen atoms in total. The number of rotatable bonds is 5. The van der Waals surface area contributed by atoms with Crippen molar-refractivity contribution in [2.24, 2.45) is 5.92 Å². The molecule has 0 bridgehead atoms. The zero-order valence-electron chi connectivity index (χ0n) is 18.6. The summed E-state index contributed by atoms with van der Waals surface area (Å²) in [5, 5.41) is 10.8. The van der Waals surface area contributed by atoms with Gasteiger partial charge in [0.05, 0.1) is 4.92 Å². The van der Waals surface area contributed by atoms with Crippen LogP contribution >= 0.6 is 0 Å². The van der Waals surface area contributed by atoms with Crippen LogP contribution in [0.5, 0.6) is 0 Å². The van der Waals surface area contributed by atoms with E-state index in [-0.39, 0.29) is 23.1 Å². The van der Waals surface area contributed by atoms with Crippen molar-refractivity contribution in [3.63, 3.8) is 0 Å². The number of piperazine rings is 1. The average Bonchev–Trinajstić information content (AvgIpc) is 2.72. The molecule has 0 aromatic heterocycles. The minimum atomic E-state index is -0.569. The van der Waals surface area contributed by atoms with Crippen LogP contribution in [0.25, 0.3) is 0 Å². The second kappa shape index (κ2) is 9.53. The first-order valence-corrected chi connectivity index (χ1v) is 10.9. The van der Waals surface area contributed by atoms with Crippen LogP contribution < -0.4 is 4.90 Å². The number of carbonyl (C=O) groups is 2. The van der Waals surface area contributed by atoms with Crippen LogP contribution in [0.1, 0.15) is 40.0 Å². The third kappa shape index (κ3) is 6.32. The van der Waals surface area contributed by atoms with E-state index < -0.39 is 11.7 Å². The molecule has 0 radical (unpaired) electrons. The standard InChI is InChI=1S/C22H32N4O5/c1-22(2,3)31-21(28)25-15-14-24(20(27)16-25)13-10-17-8-11-23(12-9-17)18-4-6-19(7-5-18)26(29)30/h4-7,17H,8-16H2,1-3H3. The van der Waals surface area contributed by atoms with Crippen molar-refractivity contribution < 1.29 is 19.2 Å². The Kier molecular flexibility index (Phi) is 7.02. The molecule has 3 rings (SSSR count). The number of benzene rings is 1. The number of nitrogens with zero attached hydrogens (tertiary/aromatic N) is 4. The molecule has 2 aliphatic heterocycles. The molecule has 170 valence electrons. The number of hydrogen-bond acceptors (Lipinski definition) is 6. The third-order valence-corrected chi connectivity index (χ3v) is 5.82. The van der Waals surface area contributed by atoms with Gasteiger partial charge in [0, 0.05) is 50.5 Å². The van der Waals surface area contributed by atoms with E-state index in [9.17, 15) is 19.7 Å². The SMILES string of the molecule is CC(C)(C)OC(=O)N1CCN(CCC2CCN(c3ccc([N+](=O)[O-])cc3)CC2)C(=O)C1. The molecule has 2 fully saturated rings. The highest BCUT2D eigenvalue weighted by Crippen LogP contribution is 2.27. The number of anilines is 1. The summed E-state index contributed by atoms with van der Waals surface area (Å²) in [6, 6.07) is 6.70. The number of piperidine rings is 1. The highest BCUT2D eigenvalue weighted by molar-refractivity contribution is 5.83. The molecular formula is C22H32N4O5. The quantitative estimate of drug-likeness (QED) is 0.523. The van der Waals surface area contributed by atoms with Crippen molar-refractivity contribution in [2.75, 3.05) is 44.2 Å². The highest BCUT2D eigenvalue weighted by Gasteiger charge is 2.30. The molecule has 0 aliphatic carbocycles. The van der Waals surface area contributed by atoms with E-state index in [1.165, 1.54) is 4.90 Å². The van der Waals surface area contributed by atoms with Gasteiger partial charge in [-0.25, -0.2) is 4.79 Å². The summed E-state index contributed by atoms with van der Waals surface area (Å²) in [7, 11) is 0. The number of ether oxygens (including phenoxy) is 1. The molecular weight excluding hydrogens is 400 g/mol. The normalized spacial score (nSPS) is 18.3. The summed E-state index contributed by atoms with van der Waals surface area (Å²) in [4.78, 5) is 40.6. The van der Waals surface area contributed by atoms with Gasteiger partial charge in [-0.05, 0) is 58.1 Å². The fourth-order valence-corrected chi connectivity index (χ4v) is 4.03. The van der Waals surface area contributed by atoms with E-state index in [0.717, 1.165) is 38.0 Å². The minimum absolute atomic E-state index is 0.0274. The Morgan fingerprint density at radius 3 is 2.32 bits per heavy atom. The van der Waals surface area contributed by atoms with Gasteiger partial charge in [0.2, 0.25) is 5.91 Å². The van der Waals surface area contributed by atoms with Crippen LogP contribution in [0.3, 0.4) is 0 Å². The maximum atomic E-state index is 12.5. The van der Waals surface area contributed by atoms with Gasteiger partial charge < -0.3 is 14.5 Å². The monoisotopic (exact) mass is 432 g/mol. The van der Waals surface area contributed by atoms with Crippen LogP contribution in [0, 0.1) is 16.0 Å². The van der Waals surface area contributed by atoms with Crippen molar-refractivity contribution in [1.29, 1.82) is 0 Å². The van der Waals surface area contributed by atoms with Crippen molar-refractivity contribution >= 4 is 23.4 Å². The van der Waals surface area contributed by atoms with Gasteiger partial charge in [0.25, 0.3) is 5.69 Å². The van der Waals surface area contributed by atoms with E-state index in [2.05, 4.69) is 4.90 Å². The smallest absolute Gasteiger partial charge is 0.410 e. The zero-order chi connectivity index (χ0) is 22.6. The molecule has 1 aromatic carbocycles. The number of hydrogen-bond donors (Lipinski definition) is 0. The van der Waals surface area contributed by atoms with Gasteiger partial charge >= 0.3 is 6.09 Å². The average molecular weight is 433 g/mol. The van der Waals surface area contributed by atoms with E-state index in [1.54, 1.807) is 24.3 Å². The van der Waals surface area contributed by atoms with E-state index in [1.807, 2.05) is 25.7 Å². The summed E-state index contributed by atoms with van der Waals surface area (Å²) >= 11 is 0. The third-order valence-electron chi connectivity index (χ3n) is 5.82. The van der Waals surface area contributed by atoms with Crippen LogP contribution in [-0.4, -0.2) is 71.6 Å². The second-order valence-corrected chi connectivity index (χ2v) is 9.28. The highest BCUT2D eigenvalue weighted by atomic mass is 16.6. The molecule has 2 amide bonds. The Morgan fingerprint density at radius 2 is 1.77 bits per heavy atom.